The highest BCUT2D eigenvalue weighted by Crippen LogP contribution is 2.21. The second-order valence-corrected chi connectivity index (χ2v) is 3.22. The summed E-state index contributed by atoms with van der Waals surface area (Å²) in [7, 11) is 0. The lowest BCUT2D eigenvalue weighted by atomic mass is 10.6. The largest absolute Gasteiger partial charge is 0.270 e. The number of halogens is 1. The second-order valence-electron chi connectivity index (χ2n) is 1.58. The molecule has 0 spiro atoms. The van der Waals surface area contributed by atoms with Crippen LogP contribution in [0.5, 0.6) is 0 Å². The molecule has 5 heteroatoms. The molecule has 1 rings (SSSR count). The number of thioether (sulfide) groups is 1. The van der Waals surface area contributed by atoms with E-state index < -0.39 is 0 Å². The van der Waals surface area contributed by atoms with Crippen molar-refractivity contribution in [3.8, 4) is 0 Å². The van der Waals surface area contributed by atoms with Crippen LogP contribution >= 0.6 is 35.6 Å². The van der Waals surface area contributed by atoms with Crippen LogP contribution in [-0.4, -0.2) is 16.5 Å². The Morgan fingerprint density at radius 3 is 3.00 bits per heavy atom. The Labute approximate surface area is 73.0 Å². The van der Waals surface area contributed by atoms with Crippen LogP contribution in [0.4, 0.5) is 0 Å². The van der Waals surface area contributed by atoms with Gasteiger partial charge in [-0.2, -0.15) is 5.10 Å². The number of nitrogens with zero attached hydrogens (tertiary/aromatic N) is 1. The molecule has 10 heavy (non-hydrogen) atoms. The zero-order valence-corrected chi connectivity index (χ0v) is 7.61. The Morgan fingerprint density at radius 2 is 2.50 bits per heavy atom. The van der Waals surface area contributed by atoms with Gasteiger partial charge in [0.15, 0.2) is 0 Å². The summed E-state index contributed by atoms with van der Waals surface area (Å²) in [5.41, 5.74) is 0. The van der Waals surface area contributed by atoms with Crippen LogP contribution in [0.25, 0.3) is 0 Å². The van der Waals surface area contributed by atoms with Gasteiger partial charge < -0.3 is 0 Å². The first-order valence-electron chi connectivity index (χ1n) is 2.53. The smallest absolute Gasteiger partial charge is 0.109 e. The van der Waals surface area contributed by atoms with Crippen molar-refractivity contribution in [2.75, 3.05) is 6.26 Å². The third-order valence-corrected chi connectivity index (χ3v) is 2.60. The minimum absolute atomic E-state index is 0.581. The number of aromatic nitrogens is 2. The molecule has 2 nitrogen and oxygen atoms in total. The van der Waals surface area contributed by atoms with E-state index in [1.54, 1.807) is 0 Å². The quantitative estimate of drug-likeness (QED) is 0.548. The zero-order chi connectivity index (χ0) is 7.56. The number of aromatic amines is 1. The van der Waals surface area contributed by atoms with Gasteiger partial charge in [-0.1, -0.05) is 23.8 Å². The van der Waals surface area contributed by atoms with Crippen molar-refractivity contribution < 1.29 is 0 Å². The predicted octanol–water partition coefficient (Wildman–Crippen LogP) is 2.51. The standard InChI is InChI=1S/C5H5ClN2S2/c1-10-5-4(6)3(9)2-7-8-5/h2H,1H3,(H,8,9). The Kier molecular flexibility index (Phi) is 2.71. The highest BCUT2D eigenvalue weighted by molar-refractivity contribution is 7.98. The molecule has 0 aliphatic carbocycles. The maximum atomic E-state index is 5.80. The molecule has 0 fully saturated rings. The summed E-state index contributed by atoms with van der Waals surface area (Å²) >= 11 is 12.2. The fourth-order valence-corrected chi connectivity index (χ4v) is 1.48. The summed E-state index contributed by atoms with van der Waals surface area (Å²) in [6, 6.07) is 0. The highest BCUT2D eigenvalue weighted by atomic mass is 35.5. The number of nitrogens with one attached hydrogen (secondary N) is 1. The lowest BCUT2D eigenvalue weighted by Gasteiger charge is -1.96. The van der Waals surface area contributed by atoms with Crippen molar-refractivity contribution in [3.63, 3.8) is 0 Å². The molecular formula is C5H5ClN2S2. The minimum Gasteiger partial charge on any atom is -0.270 e. The number of hydrogen-bond donors (Lipinski definition) is 1. The van der Waals surface area contributed by atoms with Gasteiger partial charge in [0.25, 0.3) is 0 Å². The zero-order valence-electron chi connectivity index (χ0n) is 5.22. The van der Waals surface area contributed by atoms with Gasteiger partial charge in [0.1, 0.15) is 5.03 Å². The second kappa shape index (κ2) is 3.37. The lowest BCUT2D eigenvalue weighted by molar-refractivity contribution is 0.927. The first-order valence-corrected chi connectivity index (χ1v) is 4.54. The van der Waals surface area contributed by atoms with Gasteiger partial charge in [0, 0.05) is 0 Å². The molecule has 0 aliphatic rings. The molecule has 0 saturated carbocycles. The molecule has 1 aromatic rings. The fraction of sp³-hybridized carbons (Fsp3) is 0.200. The summed E-state index contributed by atoms with van der Waals surface area (Å²) < 4.78 is 0.588. The van der Waals surface area contributed by atoms with E-state index >= 15 is 0 Å². The third-order valence-electron chi connectivity index (χ3n) is 0.968. The summed E-state index contributed by atoms with van der Waals surface area (Å²) in [6.07, 6.45) is 3.44. The van der Waals surface area contributed by atoms with Crippen LogP contribution in [-0.2, 0) is 0 Å². The molecule has 1 N–H and O–H groups in total. The van der Waals surface area contributed by atoms with Crippen molar-refractivity contribution in [2.45, 2.75) is 5.03 Å². The van der Waals surface area contributed by atoms with E-state index in [4.69, 9.17) is 23.8 Å². The van der Waals surface area contributed by atoms with Crippen LogP contribution in [0.2, 0.25) is 5.02 Å². The SMILES string of the molecule is CSc1[nH]ncc(=S)c1Cl. The number of rotatable bonds is 1. The van der Waals surface area contributed by atoms with E-state index in [-0.39, 0.29) is 0 Å². The lowest BCUT2D eigenvalue weighted by Crippen LogP contribution is -1.84. The van der Waals surface area contributed by atoms with Crippen molar-refractivity contribution in [3.05, 3.63) is 15.7 Å². The predicted molar refractivity (Wildman–Crippen MR) is 46.2 cm³/mol. The first-order chi connectivity index (χ1) is 4.75. The molecule has 0 unspecified atom stereocenters. The first kappa shape index (κ1) is 8.04. The maximum Gasteiger partial charge on any atom is 0.109 e. The van der Waals surface area contributed by atoms with Crippen LogP contribution < -0.4 is 0 Å². The molecule has 0 atom stereocenters. The maximum absolute atomic E-state index is 5.80. The van der Waals surface area contributed by atoms with Gasteiger partial charge in [-0.15, -0.1) is 11.8 Å². The van der Waals surface area contributed by atoms with Gasteiger partial charge >= 0.3 is 0 Å². The van der Waals surface area contributed by atoms with E-state index in [0.29, 0.717) is 9.53 Å². The minimum atomic E-state index is 0.581. The Balaban J connectivity index is 3.28. The van der Waals surface area contributed by atoms with Gasteiger partial charge in [-0.05, 0) is 6.26 Å². The molecule has 0 amide bonds. The fourth-order valence-electron chi connectivity index (χ4n) is 0.502. The van der Waals surface area contributed by atoms with Crippen LogP contribution in [0, 0.1) is 4.51 Å². The average molecular weight is 193 g/mol. The summed E-state index contributed by atoms with van der Waals surface area (Å²) in [5, 5.41) is 7.92. The molecule has 0 saturated heterocycles. The van der Waals surface area contributed by atoms with E-state index in [0.717, 1.165) is 5.03 Å². The summed E-state index contributed by atoms with van der Waals surface area (Å²) in [5.74, 6) is 0. The van der Waals surface area contributed by atoms with Crippen molar-refractivity contribution >= 4 is 35.6 Å². The Bertz CT molecular complexity index is 283. The van der Waals surface area contributed by atoms with Gasteiger partial charge in [-0.3, -0.25) is 5.10 Å². The van der Waals surface area contributed by atoms with Crippen molar-refractivity contribution in [1.82, 2.24) is 10.2 Å². The van der Waals surface area contributed by atoms with Gasteiger partial charge in [0.2, 0.25) is 0 Å². The van der Waals surface area contributed by atoms with Crippen molar-refractivity contribution in [2.24, 2.45) is 0 Å². The van der Waals surface area contributed by atoms with Crippen LogP contribution in [0.3, 0.4) is 0 Å². The molecule has 1 aromatic heterocycles. The monoisotopic (exact) mass is 192 g/mol. The molecule has 1 heterocycles. The van der Waals surface area contributed by atoms with E-state index in [9.17, 15) is 0 Å². The average Bonchev–Trinajstić information content (AvgIpc) is 1.95. The topological polar surface area (TPSA) is 28.7 Å². The van der Waals surface area contributed by atoms with Gasteiger partial charge in [-0.25, -0.2) is 0 Å². The Morgan fingerprint density at radius 1 is 1.80 bits per heavy atom. The van der Waals surface area contributed by atoms with E-state index in [1.807, 2.05) is 6.26 Å². The Hall–Kier alpha value is -0.0600. The van der Waals surface area contributed by atoms with Crippen LogP contribution in [0.15, 0.2) is 11.2 Å². The highest BCUT2D eigenvalue weighted by Gasteiger charge is 1.98. The van der Waals surface area contributed by atoms with Gasteiger partial charge in [0.05, 0.1) is 15.7 Å². The summed E-state index contributed by atoms with van der Waals surface area (Å²) in [6.45, 7) is 0. The van der Waals surface area contributed by atoms with E-state index in [2.05, 4.69) is 10.2 Å². The molecular weight excluding hydrogens is 188 g/mol. The van der Waals surface area contributed by atoms with Crippen molar-refractivity contribution in [1.29, 1.82) is 0 Å². The van der Waals surface area contributed by atoms with Crippen LogP contribution in [0.1, 0.15) is 0 Å². The molecule has 54 valence electrons. The normalized spacial score (nSPS) is 9.80. The molecule has 0 aliphatic heterocycles. The summed E-state index contributed by atoms with van der Waals surface area (Å²) in [4.78, 5) is 0. The number of H-pyrrole nitrogens is 1. The van der Waals surface area contributed by atoms with E-state index in [1.165, 1.54) is 18.0 Å². The molecule has 0 bridgehead atoms. The molecule has 0 radical (unpaired) electrons. The number of hydrogen-bond acceptors (Lipinski definition) is 3. The molecule has 0 aromatic carbocycles. The third kappa shape index (κ3) is 1.51.